The van der Waals surface area contributed by atoms with Crippen molar-refractivity contribution < 1.29 is 69.6 Å². The van der Waals surface area contributed by atoms with Crippen LogP contribution in [0.3, 0.4) is 0 Å². The van der Waals surface area contributed by atoms with E-state index in [0.29, 0.717) is 0 Å². The van der Waals surface area contributed by atoms with E-state index in [1.807, 2.05) is 0 Å². The highest BCUT2D eigenvalue weighted by molar-refractivity contribution is 5.90. The second-order valence-electron chi connectivity index (χ2n) is 6.31. The van der Waals surface area contributed by atoms with Gasteiger partial charge in [0.15, 0.2) is 11.2 Å². The second-order valence-corrected chi connectivity index (χ2v) is 6.31. The zero-order valence-electron chi connectivity index (χ0n) is 14.7. The smallest absolute Gasteiger partial charge is 0.337 e. The summed E-state index contributed by atoms with van der Waals surface area (Å²) < 4.78 is 0. The Morgan fingerprint density at radius 1 is 0.586 bits per heavy atom. The van der Waals surface area contributed by atoms with E-state index in [9.17, 15) is 39.0 Å². The molecule has 0 aliphatic heterocycles. The molecular formula is C15H20O14. The van der Waals surface area contributed by atoms with Crippen LogP contribution in [0, 0.1) is 11.8 Å². The quantitative estimate of drug-likeness (QED) is 0.152. The average molecular weight is 424 g/mol. The zero-order valence-corrected chi connectivity index (χ0v) is 14.7. The van der Waals surface area contributed by atoms with E-state index in [-0.39, 0.29) is 0 Å². The van der Waals surface area contributed by atoms with Crippen molar-refractivity contribution in [3.63, 3.8) is 0 Å². The van der Waals surface area contributed by atoms with Gasteiger partial charge < -0.3 is 40.9 Å². The highest BCUT2D eigenvalue weighted by Crippen LogP contribution is 2.32. The Morgan fingerprint density at radius 3 is 1.03 bits per heavy atom. The van der Waals surface area contributed by atoms with Crippen molar-refractivity contribution in [1.82, 2.24) is 0 Å². The number of carbonyl (C=O) groups is 6. The molecule has 164 valence electrons. The first-order valence-corrected chi connectivity index (χ1v) is 7.90. The van der Waals surface area contributed by atoms with Gasteiger partial charge in [-0.2, -0.15) is 0 Å². The molecule has 4 atom stereocenters. The summed E-state index contributed by atoms with van der Waals surface area (Å²) in [5.74, 6) is -16.2. The normalized spacial score (nSPS) is 17.2. The number of carboxylic acid groups (broad SMARTS) is 6. The fraction of sp³-hybridized carbons (Fsp3) is 0.600. The number of rotatable bonds is 14. The minimum Gasteiger partial charge on any atom is -0.481 e. The van der Waals surface area contributed by atoms with E-state index in [0.717, 1.165) is 0 Å². The van der Waals surface area contributed by atoms with E-state index in [1.54, 1.807) is 0 Å². The Labute approximate surface area is 161 Å². The number of aliphatic carboxylic acids is 6. The number of hydrogen-bond donors (Lipinski definition) is 8. The highest BCUT2D eigenvalue weighted by atomic mass is 16.4. The summed E-state index contributed by atoms with van der Waals surface area (Å²) >= 11 is 0. The van der Waals surface area contributed by atoms with Crippen molar-refractivity contribution in [3.8, 4) is 0 Å². The Morgan fingerprint density at radius 2 is 0.862 bits per heavy atom. The molecule has 8 N–H and O–H groups in total. The summed E-state index contributed by atoms with van der Waals surface area (Å²) in [6.07, 6.45) is -5.19. The largest absolute Gasteiger partial charge is 0.481 e. The van der Waals surface area contributed by atoms with Crippen molar-refractivity contribution in [2.75, 3.05) is 0 Å². The van der Waals surface area contributed by atoms with Crippen LogP contribution in [0.4, 0.5) is 0 Å². The zero-order chi connectivity index (χ0) is 23.2. The van der Waals surface area contributed by atoms with Gasteiger partial charge in [-0.1, -0.05) is 6.42 Å². The molecule has 0 fully saturated rings. The minimum absolute atomic E-state index is 0.599. The van der Waals surface area contributed by atoms with Gasteiger partial charge in [0.1, 0.15) is 0 Å². The van der Waals surface area contributed by atoms with Gasteiger partial charge in [-0.25, -0.2) is 9.59 Å². The molecule has 0 radical (unpaired) electrons. The van der Waals surface area contributed by atoms with Gasteiger partial charge in [-0.15, -0.1) is 0 Å². The Balaban J connectivity index is 5.65. The topological polar surface area (TPSA) is 264 Å². The number of carboxylic acids is 6. The highest BCUT2D eigenvalue weighted by Gasteiger charge is 2.52. The summed E-state index contributed by atoms with van der Waals surface area (Å²) in [6, 6.07) is 0. The number of hydrogen-bond acceptors (Lipinski definition) is 8. The molecule has 0 amide bonds. The van der Waals surface area contributed by atoms with Crippen LogP contribution < -0.4 is 0 Å². The molecule has 4 unspecified atom stereocenters. The van der Waals surface area contributed by atoms with Crippen LogP contribution in [0.1, 0.15) is 32.1 Å². The third kappa shape index (κ3) is 6.39. The van der Waals surface area contributed by atoms with Gasteiger partial charge in [0.05, 0.1) is 24.7 Å². The first-order chi connectivity index (χ1) is 13.1. The van der Waals surface area contributed by atoms with Gasteiger partial charge in [0.2, 0.25) is 0 Å². The molecule has 29 heavy (non-hydrogen) atoms. The van der Waals surface area contributed by atoms with Gasteiger partial charge in [-0.3, -0.25) is 19.2 Å². The van der Waals surface area contributed by atoms with Crippen molar-refractivity contribution in [2.45, 2.75) is 43.3 Å². The fourth-order valence-electron chi connectivity index (χ4n) is 2.82. The van der Waals surface area contributed by atoms with Crippen molar-refractivity contribution in [3.05, 3.63) is 0 Å². The third-order valence-corrected chi connectivity index (χ3v) is 4.32. The Bertz CT molecular complexity index is 641. The van der Waals surface area contributed by atoms with Gasteiger partial charge in [0, 0.05) is 0 Å². The van der Waals surface area contributed by atoms with E-state index in [1.165, 1.54) is 0 Å². The lowest BCUT2D eigenvalue weighted by Gasteiger charge is -2.30. The maximum Gasteiger partial charge on any atom is 0.337 e. The monoisotopic (exact) mass is 424 g/mol. The summed E-state index contributed by atoms with van der Waals surface area (Å²) in [7, 11) is 0. The predicted octanol–water partition coefficient (Wildman–Crippen LogP) is -1.86. The van der Waals surface area contributed by atoms with Crippen molar-refractivity contribution >= 4 is 35.8 Å². The van der Waals surface area contributed by atoms with Crippen molar-refractivity contribution in [1.29, 1.82) is 0 Å². The van der Waals surface area contributed by atoms with Crippen LogP contribution in [0.2, 0.25) is 0 Å². The molecule has 0 saturated heterocycles. The van der Waals surface area contributed by atoms with E-state index in [4.69, 9.17) is 30.6 Å². The molecule has 0 spiro atoms. The molecule has 14 nitrogen and oxygen atoms in total. The van der Waals surface area contributed by atoms with Gasteiger partial charge in [-0.05, 0) is 12.8 Å². The number of aliphatic hydroxyl groups is 2. The van der Waals surface area contributed by atoms with E-state index in [2.05, 4.69) is 0 Å². The fourth-order valence-corrected chi connectivity index (χ4v) is 2.82. The molecule has 0 saturated carbocycles. The Kier molecular flexibility index (Phi) is 8.69. The molecule has 0 bridgehead atoms. The summed E-state index contributed by atoms with van der Waals surface area (Å²) in [5.41, 5.74) is -6.50. The maximum atomic E-state index is 11.3. The van der Waals surface area contributed by atoms with Crippen LogP contribution >= 0.6 is 0 Å². The molecule has 0 aromatic carbocycles. The van der Waals surface area contributed by atoms with E-state index >= 15 is 0 Å². The molecule has 14 heteroatoms. The first kappa shape index (κ1) is 25.7. The minimum atomic E-state index is -3.25. The molecule has 0 rings (SSSR count). The Hall–Kier alpha value is -3.26. The molecule has 0 aliphatic rings. The lowest BCUT2D eigenvalue weighted by Crippen LogP contribution is -2.52. The van der Waals surface area contributed by atoms with Crippen LogP contribution in [0.15, 0.2) is 0 Å². The standard InChI is InChI=1S/C15H20O14/c16-8(17)4-14(28,12(24)25)6(10(20)21)2-1-3-7(11(22)23)15(29,13(26)27)5-9(18)19/h6-7,28-29H,1-5H2,(H,16,17)(H,18,19)(H,20,21)(H,22,23)(H,24,25)(H,26,27). The van der Waals surface area contributed by atoms with Crippen LogP contribution in [0.5, 0.6) is 0 Å². The lowest BCUT2D eigenvalue weighted by molar-refractivity contribution is -0.181. The van der Waals surface area contributed by atoms with Gasteiger partial charge in [0.25, 0.3) is 0 Å². The molecule has 0 aromatic heterocycles. The lowest BCUT2D eigenvalue weighted by atomic mass is 9.77. The second kappa shape index (κ2) is 9.79. The van der Waals surface area contributed by atoms with Gasteiger partial charge >= 0.3 is 35.8 Å². The maximum absolute atomic E-state index is 11.3. The van der Waals surface area contributed by atoms with E-state index < -0.39 is 91.0 Å². The first-order valence-electron chi connectivity index (χ1n) is 7.90. The summed E-state index contributed by atoms with van der Waals surface area (Å²) in [6.45, 7) is 0. The summed E-state index contributed by atoms with van der Waals surface area (Å²) in [5, 5.41) is 73.9. The third-order valence-electron chi connectivity index (χ3n) is 4.32. The molecule has 0 heterocycles. The predicted molar refractivity (Wildman–Crippen MR) is 85.8 cm³/mol. The molecular weight excluding hydrogens is 404 g/mol. The summed E-state index contributed by atoms with van der Waals surface area (Å²) in [4.78, 5) is 66.7. The average Bonchev–Trinajstić information content (AvgIpc) is 2.51. The molecule has 0 aromatic rings. The van der Waals surface area contributed by atoms with Crippen LogP contribution in [0.25, 0.3) is 0 Å². The van der Waals surface area contributed by atoms with Crippen LogP contribution in [-0.2, 0) is 28.8 Å². The van der Waals surface area contributed by atoms with Crippen molar-refractivity contribution in [2.24, 2.45) is 11.8 Å². The van der Waals surface area contributed by atoms with Crippen LogP contribution in [-0.4, -0.2) is 87.9 Å². The SMILES string of the molecule is O=C(O)CC(O)(C(=O)O)C(CCCC(C(=O)O)C(O)(CC(=O)O)C(=O)O)C(=O)O. The molecule has 0 aliphatic carbocycles.